The molecule has 0 aliphatic rings. The summed E-state index contributed by atoms with van der Waals surface area (Å²) in [5.41, 5.74) is -0.245. The number of amides is 1. The van der Waals surface area contributed by atoms with Gasteiger partial charge in [-0.25, -0.2) is 4.79 Å². The van der Waals surface area contributed by atoms with E-state index in [1.165, 1.54) is 19.2 Å². The molecule has 0 fully saturated rings. The number of carbonyl (C=O) groups is 2. The first-order chi connectivity index (χ1) is 8.99. The fraction of sp³-hybridized carbons (Fsp3) is 0.273. The van der Waals surface area contributed by atoms with Crippen LogP contribution in [0.3, 0.4) is 0 Å². The van der Waals surface area contributed by atoms with Gasteiger partial charge in [0.2, 0.25) is 5.91 Å². The normalized spacial score (nSPS) is 9.79. The predicted octanol–water partition coefficient (Wildman–Crippen LogP) is 0.966. The molecular weight excluding hydrogens is 256 g/mol. The number of methoxy groups -OCH3 is 2. The molecule has 0 aliphatic heterocycles. The van der Waals surface area contributed by atoms with E-state index in [9.17, 15) is 19.7 Å². The molecule has 0 spiro atoms. The summed E-state index contributed by atoms with van der Waals surface area (Å²) >= 11 is 0. The van der Waals surface area contributed by atoms with Gasteiger partial charge in [-0.15, -0.1) is 0 Å². The van der Waals surface area contributed by atoms with Crippen LogP contribution in [0.5, 0.6) is 0 Å². The topological polar surface area (TPSA) is 108 Å². The summed E-state index contributed by atoms with van der Waals surface area (Å²) < 4.78 is 9.14. The minimum Gasteiger partial charge on any atom is -0.465 e. The summed E-state index contributed by atoms with van der Waals surface area (Å²) in [7, 11) is 2.48. The van der Waals surface area contributed by atoms with Gasteiger partial charge in [-0.2, -0.15) is 0 Å². The van der Waals surface area contributed by atoms with E-state index < -0.39 is 16.8 Å². The third kappa shape index (κ3) is 3.75. The first-order valence-corrected chi connectivity index (χ1v) is 5.15. The van der Waals surface area contributed by atoms with Crippen molar-refractivity contribution >= 4 is 23.3 Å². The van der Waals surface area contributed by atoms with Gasteiger partial charge >= 0.3 is 5.97 Å². The van der Waals surface area contributed by atoms with E-state index >= 15 is 0 Å². The monoisotopic (exact) mass is 268 g/mol. The van der Waals surface area contributed by atoms with Crippen LogP contribution in [0, 0.1) is 10.1 Å². The molecule has 0 aromatic heterocycles. The number of ether oxygens (including phenoxy) is 2. The number of hydrogen-bond acceptors (Lipinski definition) is 6. The summed E-state index contributed by atoms with van der Waals surface area (Å²) in [6.07, 6.45) is 0. The Bertz CT molecular complexity index is 514. The Balaban J connectivity index is 3.12. The van der Waals surface area contributed by atoms with Crippen LogP contribution in [0.15, 0.2) is 18.2 Å². The molecule has 0 aliphatic carbocycles. The number of benzene rings is 1. The first-order valence-electron chi connectivity index (χ1n) is 5.15. The number of carbonyl (C=O) groups excluding carboxylic acids is 2. The van der Waals surface area contributed by atoms with E-state index in [1.807, 2.05) is 0 Å². The fourth-order valence-corrected chi connectivity index (χ4v) is 1.35. The number of hydrogen-bond donors (Lipinski definition) is 1. The Morgan fingerprint density at radius 2 is 2.05 bits per heavy atom. The summed E-state index contributed by atoms with van der Waals surface area (Å²) in [4.78, 5) is 32.9. The van der Waals surface area contributed by atoms with Crippen molar-refractivity contribution in [1.29, 1.82) is 0 Å². The van der Waals surface area contributed by atoms with E-state index in [2.05, 4.69) is 14.8 Å². The zero-order valence-electron chi connectivity index (χ0n) is 10.3. The highest BCUT2D eigenvalue weighted by Crippen LogP contribution is 2.22. The molecule has 0 unspecified atom stereocenters. The van der Waals surface area contributed by atoms with Crippen molar-refractivity contribution in [1.82, 2.24) is 0 Å². The third-order valence-electron chi connectivity index (χ3n) is 2.17. The molecule has 0 saturated heterocycles. The zero-order chi connectivity index (χ0) is 14.4. The van der Waals surface area contributed by atoms with Crippen LogP contribution in [0.25, 0.3) is 0 Å². The van der Waals surface area contributed by atoms with Crippen LogP contribution < -0.4 is 5.32 Å². The van der Waals surface area contributed by atoms with Gasteiger partial charge in [0.25, 0.3) is 5.69 Å². The second kappa shape index (κ2) is 6.45. The molecule has 1 N–H and O–H groups in total. The van der Waals surface area contributed by atoms with Gasteiger partial charge in [-0.1, -0.05) is 0 Å². The van der Waals surface area contributed by atoms with E-state index in [0.29, 0.717) is 0 Å². The minimum atomic E-state index is -0.781. The van der Waals surface area contributed by atoms with Gasteiger partial charge in [0.05, 0.1) is 23.3 Å². The number of non-ortho nitro benzene ring substituents is 1. The number of esters is 1. The fourth-order valence-electron chi connectivity index (χ4n) is 1.35. The second-order valence-corrected chi connectivity index (χ2v) is 3.46. The van der Waals surface area contributed by atoms with E-state index in [4.69, 9.17) is 0 Å². The second-order valence-electron chi connectivity index (χ2n) is 3.46. The highest BCUT2D eigenvalue weighted by Gasteiger charge is 2.18. The third-order valence-corrected chi connectivity index (χ3v) is 2.17. The van der Waals surface area contributed by atoms with Gasteiger partial charge < -0.3 is 14.8 Å². The molecule has 1 aromatic rings. The maximum Gasteiger partial charge on any atom is 0.340 e. The Morgan fingerprint density at radius 1 is 1.37 bits per heavy atom. The van der Waals surface area contributed by atoms with Gasteiger partial charge in [-0.3, -0.25) is 14.9 Å². The Morgan fingerprint density at radius 3 is 2.58 bits per heavy atom. The molecule has 19 heavy (non-hydrogen) atoms. The molecule has 0 saturated carbocycles. The lowest BCUT2D eigenvalue weighted by Crippen LogP contribution is -2.19. The SMILES string of the molecule is COCC(=O)Nc1ccc([N+](=O)[O-])cc1C(=O)OC. The molecule has 0 radical (unpaired) electrons. The number of nitrogens with zero attached hydrogens (tertiary/aromatic N) is 1. The number of nitro groups is 1. The van der Waals surface area contributed by atoms with Crippen molar-refractivity contribution in [3.63, 3.8) is 0 Å². The molecule has 0 heterocycles. The average molecular weight is 268 g/mol. The summed E-state index contributed by atoms with van der Waals surface area (Å²) in [6.45, 7) is -0.197. The van der Waals surface area contributed by atoms with Gasteiger partial charge in [0.15, 0.2) is 0 Å². The molecule has 0 atom stereocenters. The van der Waals surface area contributed by atoms with Gasteiger partial charge in [0, 0.05) is 19.2 Å². The number of anilines is 1. The molecule has 1 rings (SSSR count). The molecule has 0 bridgehead atoms. The van der Waals surface area contributed by atoms with Crippen molar-refractivity contribution in [2.24, 2.45) is 0 Å². The smallest absolute Gasteiger partial charge is 0.340 e. The van der Waals surface area contributed by atoms with Crippen LogP contribution in [-0.4, -0.2) is 37.6 Å². The summed E-state index contributed by atoms with van der Waals surface area (Å²) in [5.74, 6) is -1.27. The van der Waals surface area contributed by atoms with Crippen molar-refractivity contribution < 1.29 is 24.0 Å². The van der Waals surface area contributed by atoms with Crippen LogP contribution in [0.2, 0.25) is 0 Å². The maximum absolute atomic E-state index is 11.5. The summed E-state index contributed by atoms with van der Waals surface area (Å²) in [5, 5.41) is 13.1. The average Bonchev–Trinajstić information content (AvgIpc) is 2.38. The quantitative estimate of drug-likeness (QED) is 0.484. The number of nitrogens with one attached hydrogen (secondary N) is 1. The maximum atomic E-state index is 11.5. The number of rotatable bonds is 5. The molecule has 1 aromatic carbocycles. The lowest BCUT2D eigenvalue weighted by Gasteiger charge is -2.09. The highest BCUT2D eigenvalue weighted by atomic mass is 16.6. The Hall–Kier alpha value is -2.48. The zero-order valence-corrected chi connectivity index (χ0v) is 10.3. The number of nitro benzene ring substituents is 1. The van der Waals surface area contributed by atoms with Crippen molar-refractivity contribution in [2.45, 2.75) is 0 Å². The van der Waals surface area contributed by atoms with Crippen LogP contribution in [0.4, 0.5) is 11.4 Å². The lowest BCUT2D eigenvalue weighted by atomic mass is 10.1. The predicted molar refractivity (Wildman–Crippen MR) is 64.9 cm³/mol. The standard InChI is InChI=1S/C11H12N2O6/c1-18-6-10(14)12-9-4-3-7(13(16)17)5-8(9)11(15)19-2/h3-5H,6H2,1-2H3,(H,12,14). The molecule has 8 nitrogen and oxygen atoms in total. The summed E-state index contributed by atoms with van der Waals surface area (Å²) in [6, 6.07) is 3.47. The van der Waals surface area contributed by atoms with Crippen LogP contribution in [0.1, 0.15) is 10.4 Å². The van der Waals surface area contributed by atoms with E-state index in [1.54, 1.807) is 0 Å². The van der Waals surface area contributed by atoms with Crippen LogP contribution >= 0.6 is 0 Å². The van der Waals surface area contributed by atoms with Gasteiger partial charge in [-0.05, 0) is 6.07 Å². The molecule has 102 valence electrons. The van der Waals surface area contributed by atoms with Crippen molar-refractivity contribution in [3.05, 3.63) is 33.9 Å². The van der Waals surface area contributed by atoms with Crippen molar-refractivity contribution in [3.8, 4) is 0 Å². The molecule has 8 heteroatoms. The highest BCUT2D eigenvalue weighted by molar-refractivity contribution is 6.02. The van der Waals surface area contributed by atoms with E-state index in [-0.39, 0.29) is 23.5 Å². The molecular formula is C11H12N2O6. The minimum absolute atomic E-state index is 0.0962. The van der Waals surface area contributed by atoms with Crippen LogP contribution in [-0.2, 0) is 14.3 Å². The first kappa shape index (κ1) is 14.6. The largest absolute Gasteiger partial charge is 0.465 e. The Labute approximate surface area is 108 Å². The van der Waals surface area contributed by atoms with Crippen molar-refractivity contribution in [2.75, 3.05) is 26.1 Å². The van der Waals surface area contributed by atoms with Gasteiger partial charge in [0.1, 0.15) is 6.61 Å². The Kier molecular flexibility index (Phi) is 4.95. The molecule has 1 amide bonds. The van der Waals surface area contributed by atoms with E-state index in [0.717, 1.165) is 13.2 Å². The lowest BCUT2D eigenvalue weighted by molar-refractivity contribution is -0.384.